The number of ether oxygens (including phenoxy) is 2. The zero-order valence-corrected chi connectivity index (χ0v) is 19.7. The van der Waals surface area contributed by atoms with E-state index in [0.29, 0.717) is 23.7 Å². The Bertz CT molecular complexity index is 1380. The molecule has 0 radical (unpaired) electrons. The number of rotatable bonds is 5. The standard InChI is InChI=1S/C25H19IN4O2/c1-26-20-14-29-21-11-22(31-2)23(32-15-17-4-3-9-28-13-17)10-19(21)24(20)25(30-26)18-7-5-16(12-27)6-8-18/h3-11,13-14H,15H2,1-2H3. The van der Waals surface area contributed by atoms with Gasteiger partial charge in [-0.1, -0.05) is 0 Å². The van der Waals surface area contributed by atoms with Crippen molar-refractivity contribution in [1.29, 1.82) is 5.26 Å². The fraction of sp³-hybridized carbons (Fsp3) is 0.120. The number of hydrogen-bond acceptors (Lipinski definition) is 6. The van der Waals surface area contributed by atoms with Gasteiger partial charge in [-0.05, 0) is 0 Å². The molecule has 1 aliphatic heterocycles. The topological polar surface area (TPSA) is 80.4 Å². The van der Waals surface area contributed by atoms with Crippen LogP contribution in [0.1, 0.15) is 22.3 Å². The van der Waals surface area contributed by atoms with Gasteiger partial charge in [-0.25, -0.2) is 0 Å². The van der Waals surface area contributed by atoms with Crippen LogP contribution >= 0.6 is 20.1 Å². The summed E-state index contributed by atoms with van der Waals surface area (Å²) in [6.45, 7) is 0.390. The first-order valence-electron chi connectivity index (χ1n) is 9.90. The van der Waals surface area contributed by atoms with Crippen molar-refractivity contribution < 1.29 is 9.47 Å². The van der Waals surface area contributed by atoms with Gasteiger partial charge in [0.05, 0.1) is 0 Å². The molecule has 5 rings (SSSR count). The number of hydrogen-bond donors (Lipinski definition) is 0. The molecule has 0 aliphatic carbocycles. The predicted molar refractivity (Wildman–Crippen MR) is 132 cm³/mol. The molecular formula is C25H19IN4O2. The Morgan fingerprint density at radius 3 is 2.62 bits per heavy atom. The van der Waals surface area contributed by atoms with Crippen molar-refractivity contribution in [3.63, 3.8) is 0 Å². The number of alkyl halides is 1. The third-order valence-electron chi connectivity index (χ3n) is 5.25. The second-order valence-corrected chi connectivity index (χ2v) is 11.4. The minimum absolute atomic E-state index is 0.390. The Morgan fingerprint density at radius 1 is 1.06 bits per heavy atom. The molecule has 0 saturated carbocycles. The Labute approximate surface area is 193 Å². The first-order chi connectivity index (χ1) is 15.7. The van der Waals surface area contributed by atoms with Gasteiger partial charge < -0.3 is 0 Å². The molecule has 7 heteroatoms. The summed E-state index contributed by atoms with van der Waals surface area (Å²) in [5, 5.41) is 10.1. The molecule has 0 bridgehead atoms. The van der Waals surface area contributed by atoms with Crippen molar-refractivity contribution >= 4 is 36.7 Å². The summed E-state index contributed by atoms with van der Waals surface area (Å²) >= 11 is -1.72. The van der Waals surface area contributed by atoms with E-state index in [1.54, 1.807) is 19.5 Å². The third kappa shape index (κ3) is 3.67. The van der Waals surface area contributed by atoms with E-state index in [-0.39, 0.29) is 0 Å². The molecule has 158 valence electrons. The van der Waals surface area contributed by atoms with Gasteiger partial charge in [0.15, 0.2) is 0 Å². The molecule has 0 N–H and O–H groups in total. The Morgan fingerprint density at radius 2 is 1.91 bits per heavy atom. The van der Waals surface area contributed by atoms with Crippen LogP contribution in [0.3, 0.4) is 0 Å². The number of nitrogens with zero attached hydrogens (tertiary/aromatic N) is 4. The first kappa shape index (κ1) is 20.4. The molecule has 0 fully saturated rings. The molecule has 0 amide bonds. The molecule has 1 aliphatic rings. The predicted octanol–water partition coefficient (Wildman–Crippen LogP) is 5.16. The molecule has 0 unspecified atom stereocenters. The van der Waals surface area contributed by atoms with E-state index in [1.165, 1.54) is 3.57 Å². The SMILES string of the molecule is COc1cc2ncc3c(c2cc1OCc1cccnc1)C(c1ccc(C#N)cc1)=NI3C. The van der Waals surface area contributed by atoms with E-state index in [2.05, 4.69) is 16.0 Å². The fourth-order valence-electron chi connectivity index (χ4n) is 3.65. The second-order valence-electron chi connectivity index (χ2n) is 7.22. The number of aromatic nitrogens is 2. The minimum atomic E-state index is -1.72. The number of nitriles is 1. The maximum atomic E-state index is 9.14. The molecule has 2 aromatic heterocycles. The second kappa shape index (κ2) is 8.55. The molecular weight excluding hydrogens is 515 g/mol. The van der Waals surface area contributed by atoms with Gasteiger partial charge in [0.1, 0.15) is 0 Å². The van der Waals surface area contributed by atoms with Crippen LogP contribution in [0.4, 0.5) is 0 Å². The van der Waals surface area contributed by atoms with Crippen molar-refractivity contribution in [3.05, 3.63) is 92.9 Å². The fourth-order valence-corrected chi connectivity index (χ4v) is 7.02. The summed E-state index contributed by atoms with van der Waals surface area (Å²) in [4.78, 5) is 11.1. The van der Waals surface area contributed by atoms with Gasteiger partial charge in [-0.3, -0.25) is 0 Å². The molecule has 6 nitrogen and oxygen atoms in total. The van der Waals surface area contributed by atoms with E-state index < -0.39 is 20.1 Å². The van der Waals surface area contributed by atoms with Crippen molar-refractivity contribution in [2.45, 2.75) is 6.61 Å². The Kier molecular flexibility index (Phi) is 5.45. The summed E-state index contributed by atoms with van der Waals surface area (Å²) in [7, 11) is 1.63. The van der Waals surface area contributed by atoms with E-state index in [4.69, 9.17) is 22.9 Å². The summed E-state index contributed by atoms with van der Waals surface area (Å²) in [5.74, 6) is 1.29. The zero-order valence-electron chi connectivity index (χ0n) is 17.5. The quantitative estimate of drug-likeness (QED) is 0.261. The normalized spacial score (nSPS) is 13.4. The van der Waals surface area contributed by atoms with Crippen molar-refractivity contribution in [1.82, 2.24) is 9.97 Å². The van der Waals surface area contributed by atoms with Crippen molar-refractivity contribution in [2.75, 3.05) is 12.0 Å². The van der Waals surface area contributed by atoms with E-state index in [1.807, 2.05) is 54.7 Å². The monoisotopic (exact) mass is 534 g/mol. The Balaban J connectivity index is 1.61. The van der Waals surface area contributed by atoms with E-state index in [0.717, 1.165) is 33.3 Å². The van der Waals surface area contributed by atoms with Crippen LogP contribution in [0.2, 0.25) is 0 Å². The number of benzene rings is 2. The van der Waals surface area contributed by atoms with Crippen LogP contribution in [0.5, 0.6) is 11.5 Å². The maximum absolute atomic E-state index is 9.14. The summed E-state index contributed by atoms with van der Waals surface area (Å²) in [5.41, 5.74) is 5.53. The van der Waals surface area contributed by atoms with E-state index in [9.17, 15) is 0 Å². The van der Waals surface area contributed by atoms with E-state index >= 15 is 0 Å². The van der Waals surface area contributed by atoms with Crippen LogP contribution in [-0.4, -0.2) is 27.7 Å². The van der Waals surface area contributed by atoms with Crippen LogP contribution in [0.25, 0.3) is 10.9 Å². The first-order valence-corrected chi connectivity index (χ1v) is 14.1. The molecule has 0 atom stereocenters. The Hall–Kier alpha value is -3.51. The summed E-state index contributed by atoms with van der Waals surface area (Å²) in [6, 6.07) is 17.6. The van der Waals surface area contributed by atoms with Gasteiger partial charge in [0.2, 0.25) is 0 Å². The van der Waals surface area contributed by atoms with Gasteiger partial charge in [0, 0.05) is 0 Å². The molecule has 0 saturated heterocycles. The molecule has 4 aromatic rings. The van der Waals surface area contributed by atoms with Crippen LogP contribution in [0.15, 0.2) is 70.3 Å². The average Bonchev–Trinajstić information content (AvgIpc) is 3.19. The van der Waals surface area contributed by atoms with Crippen LogP contribution in [0, 0.1) is 14.9 Å². The van der Waals surface area contributed by atoms with Crippen LogP contribution < -0.4 is 9.47 Å². The number of halogens is 1. The zero-order chi connectivity index (χ0) is 22.1. The summed E-state index contributed by atoms with van der Waals surface area (Å²) in [6.07, 6.45) is 5.49. The molecule has 32 heavy (non-hydrogen) atoms. The van der Waals surface area contributed by atoms with Crippen molar-refractivity contribution in [2.24, 2.45) is 3.21 Å². The van der Waals surface area contributed by atoms with Crippen LogP contribution in [-0.2, 0) is 6.61 Å². The van der Waals surface area contributed by atoms with Gasteiger partial charge in [-0.15, -0.1) is 0 Å². The summed E-state index contributed by atoms with van der Waals surface area (Å²) < 4.78 is 18.0. The van der Waals surface area contributed by atoms with Gasteiger partial charge in [0.25, 0.3) is 0 Å². The molecule has 0 spiro atoms. The average molecular weight is 534 g/mol. The number of methoxy groups -OCH3 is 1. The number of pyridine rings is 2. The number of fused-ring (bicyclic) bond motifs is 3. The van der Waals surface area contributed by atoms with Crippen molar-refractivity contribution in [3.8, 4) is 17.6 Å². The van der Waals surface area contributed by atoms with Gasteiger partial charge >= 0.3 is 194 Å². The molecule has 2 aromatic carbocycles. The van der Waals surface area contributed by atoms with Gasteiger partial charge in [-0.2, -0.15) is 0 Å². The molecule has 3 heterocycles. The third-order valence-corrected chi connectivity index (χ3v) is 8.96.